The Hall–Kier alpha value is -3.41. The second kappa shape index (κ2) is 9.61. The number of hydrogen-bond acceptors (Lipinski definition) is 7. The number of nitrogens with zero attached hydrogens (tertiary/aromatic N) is 6. The molecule has 1 aliphatic heterocycles. The zero-order chi connectivity index (χ0) is 23.5. The largest absolute Gasteiger partial charge is 0.379 e. The standard InChI is InChI=1S/C21H25F2N7O3/c1-13(30-17-11-25-26-21(32)19(17)14(2)27-30)12-33-8-3-18(31)28-4-6-29(7-5-28)20-16(23)9-15(22)10-24-20/h9-11,13H,3-8,12H2,1-2H3,(H,26,32). The van der Waals surface area contributed by atoms with Crippen molar-refractivity contribution in [3.63, 3.8) is 0 Å². The molecule has 0 saturated carbocycles. The molecule has 1 fully saturated rings. The van der Waals surface area contributed by atoms with E-state index in [0.717, 1.165) is 12.3 Å². The number of anilines is 1. The molecule has 1 N–H and O–H groups in total. The summed E-state index contributed by atoms with van der Waals surface area (Å²) in [6, 6.07) is 0.654. The first-order chi connectivity index (χ1) is 15.8. The van der Waals surface area contributed by atoms with Crippen LogP contribution in [0.25, 0.3) is 10.9 Å². The molecule has 0 aromatic carbocycles. The molecule has 3 aromatic heterocycles. The third-order valence-corrected chi connectivity index (χ3v) is 5.66. The molecule has 0 bridgehead atoms. The smallest absolute Gasteiger partial charge is 0.275 e. The van der Waals surface area contributed by atoms with Crippen molar-refractivity contribution in [1.29, 1.82) is 0 Å². The fourth-order valence-electron chi connectivity index (χ4n) is 3.96. The first kappa shape index (κ1) is 22.8. The second-order valence-electron chi connectivity index (χ2n) is 7.99. The Labute approximate surface area is 188 Å². The average molecular weight is 461 g/mol. The maximum absolute atomic E-state index is 13.9. The summed E-state index contributed by atoms with van der Waals surface area (Å²) >= 11 is 0. The van der Waals surface area contributed by atoms with Gasteiger partial charge < -0.3 is 14.5 Å². The van der Waals surface area contributed by atoms with Gasteiger partial charge in [-0.15, -0.1) is 0 Å². The molecule has 4 rings (SSSR count). The number of pyridine rings is 1. The lowest BCUT2D eigenvalue weighted by atomic mass is 10.2. The number of piperazine rings is 1. The zero-order valence-corrected chi connectivity index (χ0v) is 18.4. The number of carbonyl (C=O) groups excluding carboxylic acids is 1. The van der Waals surface area contributed by atoms with Gasteiger partial charge in [-0.1, -0.05) is 0 Å². The fraction of sp³-hybridized carbons (Fsp3) is 0.476. The van der Waals surface area contributed by atoms with Gasteiger partial charge in [0.15, 0.2) is 11.6 Å². The Bertz CT molecular complexity index is 1200. The molecule has 1 amide bonds. The zero-order valence-electron chi connectivity index (χ0n) is 18.4. The van der Waals surface area contributed by atoms with Gasteiger partial charge in [-0.2, -0.15) is 10.2 Å². The molecule has 0 radical (unpaired) electrons. The van der Waals surface area contributed by atoms with Crippen molar-refractivity contribution in [1.82, 2.24) is 29.9 Å². The normalized spacial score (nSPS) is 15.3. The van der Waals surface area contributed by atoms with Crippen molar-refractivity contribution in [2.24, 2.45) is 0 Å². The summed E-state index contributed by atoms with van der Waals surface area (Å²) in [6.07, 6.45) is 2.76. The highest BCUT2D eigenvalue weighted by Gasteiger charge is 2.24. The van der Waals surface area contributed by atoms with Crippen LogP contribution in [-0.4, -0.2) is 75.2 Å². The Morgan fingerprint density at radius 2 is 2.00 bits per heavy atom. The molecule has 3 aromatic rings. The number of carbonyl (C=O) groups is 1. The van der Waals surface area contributed by atoms with Gasteiger partial charge in [-0.3, -0.25) is 14.3 Å². The maximum Gasteiger partial charge on any atom is 0.275 e. The number of aromatic nitrogens is 5. The molecule has 1 aliphatic rings. The molecule has 176 valence electrons. The number of rotatable bonds is 7. The van der Waals surface area contributed by atoms with E-state index in [1.54, 1.807) is 27.6 Å². The molecule has 12 heteroatoms. The number of aromatic amines is 1. The van der Waals surface area contributed by atoms with Crippen LogP contribution in [0.1, 0.15) is 25.1 Å². The van der Waals surface area contributed by atoms with Crippen LogP contribution >= 0.6 is 0 Å². The molecule has 0 spiro atoms. The molecule has 1 saturated heterocycles. The maximum atomic E-state index is 13.9. The van der Waals surface area contributed by atoms with Crippen LogP contribution < -0.4 is 10.5 Å². The Kier molecular flexibility index (Phi) is 6.63. The third-order valence-electron chi connectivity index (χ3n) is 5.66. The van der Waals surface area contributed by atoms with Crippen LogP contribution in [0.15, 0.2) is 23.3 Å². The molecule has 1 atom stereocenters. The van der Waals surface area contributed by atoms with Gasteiger partial charge in [0.05, 0.1) is 54.7 Å². The summed E-state index contributed by atoms with van der Waals surface area (Å²) in [5.41, 5.74) is 0.965. The second-order valence-corrected chi connectivity index (χ2v) is 7.99. The first-order valence-corrected chi connectivity index (χ1v) is 10.7. The molecular formula is C21H25F2N7O3. The Balaban J connectivity index is 1.23. The molecular weight excluding hydrogens is 436 g/mol. The molecule has 1 unspecified atom stereocenters. The van der Waals surface area contributed by atoms with Crippen LogP contribution in [0.2, 0.25) is 0 Å². The van der Waals surface area contributed by atoms with Gasteiger partial charge in [0.1, 0.15) is 5.82 Å². The van der Waals surface area contributed by atoms with Crippen molar-refractivity contribution in [3.8, 4) is 0 Å². The minimum Gasteiger partial charge on any atom is -0.379 e. The van der Waals surface area contributed by atoms with Gasteiger partial charge in [-0.05, 0) is 13.8 Å². The SMILES string of the molecule is Cc1nn(C(C)COCCC(=O)N2CCN(c3ncc(F)cc3F)CC2)c2cn[nH]c(=O)c12. The lowest BCUT2D eigenvalue weighted by molar-refractivity contribution is -0.132. The van der Waals surface area contributed by atoms with Gasteiger partial charge in [0.2, 0.25) is 5.91 Å². The molecule has 10 nitrogen and oxygen atoms in total. The summed E-state index contributed by atoms with van der Waals surface area (Å²) < 4.78 is 34.4. The number of nitrogens with one attached hydrogen (secondary N) is 1. The van der Waals surface area contributed by atoms with Crippen molar-refractivity contribution in [3.05, 3.63) is 46.1 Å². The average Bonchev–Trinajstić information content (AvgIpc) is 3.14. The van der Waals surface area contributed by atoms with E-state index < -0.39 is 11.6 Å². The van der Waals surface area contributed by atoms with E-state index in [4.69, 9.17) is 4.74 Å². The monoisotopic (exact) mass is 461 g/mol. The predicted molar refractivity (Wildman–Crippen MR) is 116 cm³/mol. The molecule has 33 heavy (non-hydrogen) atoms. The van der Waals surface area contributed by atoms with E-state index in [9.17, 15) is 18.4 Å². The van der Waals surface area contributed by atoms with E-state index in [1.165, 1.54) is 0 Å². The predicted octanol–water partition coefficient (Wildman–Crippen LogP) is 1.42. The minimum absolute atomic E-state index is 0.0500. The van der Waals surface area contributed by atoms with E-state index in [-0.39, 0.29) is 36.4 Å². The first-order valence-electron chi connectivity index (χ1n) is 10.7. The van der Waals surface area contributed by atoms with E-state index in [2.05, 4.69) is 20.3 Å². The topological polar surface area (TPSA) is 109 Å². The van der Waals surface area contributed by atoms with Crippen molar-refractivity contribution < 1.29 is 18.3 Å². The summed E-state index contributed by atoms with van der Waals surface area (Å²) in [4.78, 5) is 31.7. The number of aryl methyl sites for hydroxylation is 1. The Morgan fingerprint density at radius 1 is 1.24 bits per heavy atom. The van der Waals surface area contributed by atoms with Gasteiger partial charge in [0.25, 0.3) is 5.56 Å². The van der Waals surface area contributed by atoms with Crippen LogP contribution in [0.5, 0.6) is 0 Å². The van der Waals surface area contributed by atoms with Crippen molar-refractivity contribution >= 4 is 22.6 Å². The van der Waals surface area contributed by atoms with Crippen LogP contribution in [-0.2, 0) is 9.53 Å². The lowest BCUT2D eigenvalue weighted by Gasteiger charge is -2.35. The van der Waals surface area contributed by atoms with Crippen molar-refractivity contribution in [2.75, 3.05) is 44.3 Å². The third kappa shape index (κ3) is 4.85. The number of H-pyrrole nitrogens is 1. The molecule has 4 heterocycles. The molecule has 0 aliphatic carbocycles. The van der Waals surface area contributed by atoms with Crippen LogP contribution in [0.3, 0.4) is 0 Å². The highest BCUT2D eigenvalue weighted by atomic mass is 19.1. The summed E-state index contributed by atoms with van der Waals surface area (Å²) in [6.45, 7) is 5.92. The fourth-order valence-corrected chi connectivity index (χ4v) is 3.96. The van der Waals surface area contributed by atoms with Crippen molar-refractivity contribution in [2.45, 2.75) is 26.3 Å². The van der Waals surface area contributed by atoms with Gasteiger partial charge in [0, 0.05) is 32.2 Å². The number of hydrogen-bond donors (Lipinski definition) is 1. The van der Waals surface area contributed by atoms with E-state index >= 15 is 0 Å². The summed E-state index contributed by atoms with van der Waals surface area (Å²) in [7, 11) is 0. The van der Waals surface area contributed by atoms with E-state index in [0.29, 0.717) is 49.4 Å². The highest BCUT2D eigenvalue weighted by Crippen LogP contribution is 2.19. The van der Waals surface area contributed by atoms with Gasteiger partial charge in [-0.25, -0.2) is 18.9 Å². The minimum atomic E-state index is -0.722. The summed E-state index contributed by atoms with van der Waals surface area (Å²) in [5.74, 6) is -1.39. The van der Waals surface area contributed by atoms with Gasteiger partial charge >= 0.3 is 0 Å². The number of ether oxygens (including phenoxy) is 1. The lowest BCUT2D eigenvalue weighted by Crippen LogP contribution is -2.49. The Morgan fingerprint density at radius 3 is 2.73 bits per heavy atom. The van der Waals surface area contributed by atoms with Crippen LogP contribution in [0, 0.1) is 18.6 Å². The number of amides is 1. The summed E-state index contributed by atoms with van der Waals surface area (Å²) in [5, 5.41) is 11.2. The highest BCUT2D eigenvalue weighted by molar-refractivity contribution is 5.79. The number of halogens is 2. The van der Waals surface area contributed by atoms with E-state index in [1.807, 2.05) is 6.92 Å². The van der Waals surface area contributed by atoms with Crippen LogP contribution in [0.4, 0.5) is 14.6 Å². The number of fused-ring (bicyclic) bond motifs is 1. The quantitative estimate of drug-likeness (QED) is 0.530.